The van der Waals surface area contributed by atoms with Crippen LogP contribution in [0.4, 0.5) is 0 Å². The summed E-state index contributed by atoms with van der Waals surface area (Å²) in [7, 11) is 0. The van der Waals surface area contributed by atoms with E-state index in [0.717, 1.165) is 57.8 Å². The van der Waals surface area contributed by atoms with Crippen LogP contribution in [0.25, 0.3) is 0 Å². The Hall–Kier alpha value is -1.72. The molecule has 6 heteroatoms. The van der Waals surface area contributed by atoms with Crippen LogP contribution in [-0.4, -0.2) is 24.2 Å². The smallest absolute Gasteiger partial charge is 0.240 e. The Morgan fingerprint density at radius 1 is 0.739 bits per heavy atom. The molecule has 0 radical (unpaired) electrons. The maximum Gasteiger partial charge on any atom is 0.240 e. The van der Waals surface area contributed by atoms with Crippen LogP contribution in [0.5, 0.6) is 0 Å². The molecule has 0 aliphatic heterocycles. The van der Waals surface area contributed by atoms with E-state index >= 15 is 0 Å². The number of rotatable bonds is 14. The molecule has 0 saturated carbocycles. The van der Waals surface area contributed by atoms with Crippen LogP contribution in [0.15, 0.2) is 10.2 Å². The van der Waals surface area contributed by atoms with E-state index in [1.54, 1.807) is 12.4 Å². The first kappa shape index (κ1) is 21.3. The lowest BCUT2D eigenvalue weighted by molar-refractivity contribution is -0.121. The number of hydrogen-bond acceptors (Lipinski definition) is 4. The lowest BCUT2D eigenvalue weighted by Gasteiger charge is -2.02. The van der Waals surface area contributed by atoms with Crippen LogP contribution in [0.1, 0.15) is 84.5 Å². The molecule has 0 rings (SSSR count). The van der Waals surface area contributed by atoms with Gasteiger partial charge in [0, 0.05) is 25.3 Å². The molecular formula is C17H32N4O2. The molecule has 0 spiro atoms. The molecule has 0 bridgehead atoms. The van der Waals surface area contributed by atoms with Gasteiger partial charge in [-0.25, -0.2) is 10.9 Å². The van der Waals surface area contributed by atoms with Gasteiger partial charge >= 0.3 is 0 Å². The molecule has 23 heavy (non-hydrogen) atoms. The second kappa shape index (κ2) is 16.6. The maximum absolute atomic E-state index is 11.4. The molecular weight excluding hydrogens is 292 g/mol. The largest absolute Gasteiger partial charge is 0.273 e. The summed E-state index contributed by atoms with van der Waals surface area (Å²) in [5.41, 5.74) is 5.05. The van der Waals surface area contributed by atoms with Crippen molar-refractivity contribution >= 4 is 24.2 Å². The molecule has 0 aromatic rings. The number of unbranched alkanes of at least 4 members (excludes halogenated alkanes) is 6. The average molecular weight is 324 g/mol. The highest BCUT2D eigenvalue weighted by molar-refractivity contribution is 5.77. The highest BCUT2D eigenvalue weighted by Gasteiger charge is 2.01. The molecule has 0 unspecified atom stereocenters. The Morgan fingerprint density at radius 3 is 1.52 bits per heavy atom. The lowest BCUT2D eigenvalue weighted by atomic mass is 10.1. The van der Waals surface area contributed by atoms with E-state index in [0.29, 0.717) is 12.8 Å². The number of hydrazone groups is 2. The van der Waals surface area contributed by atoms with Gasteiger partial charge in [0.1, 0.15) is 0 Å². The zero-order valence-corrected chi connectivity index (χ0v) is 14.6. The van der Waals surface area contributed by atoms with Crippen molar-refractivity contribution in [2.24, 2.45) is 10.2 Å². The van der Waals surface area contributed by atoms with E-state index in [1.807, 2.05) is 0 Å². The van der Waals surface area contributed by atoms with Gasteiger partial charge in [0.05, 0.1) is 0 Å². The minimum atomic E-state index is -0.0262. The standard InChI is InChI=1S/C17H32N4O2/c1-3-5-14-18-20-16(22)12-10-8-7-9-11-13-17(23)21-19-15-6-4-2/h14-15H,3-13H2,1-2H3,(H,20,22)(H,21,23)/b18-14-,19-15-. The van der Waals surface area contributed by atoms with Gasteiger partial charge < -0.3 is 0 Å². The Labute approximate surface area is 140 Å². The maximum atomic E-state index is 11.4. The minimum absolute atomic E-state index is 0.0262. The molecule has 0 aromatic heterocycles. The summed E-state index contributed by atoms with van der Waals surface area (Å²) >= 11 is 0. The molecule has 0 heterocycles. The molecule has 0 fully saturated rings. The van der Waals surface area contributed by atoms with Gasteiger partial charge in [-0.05, 0) is 25.7 Å². The first-order chi connectivity index (χ1) is 11.2. The van der Waals surface area contributed by atoms with Crippen molar-refractivity contribution in [3.8, 4) is 0 Å². The molecule has 2 N–H and O–H groups in total. The second-order valence-electron chi connectivity index (χ2n) is 5.54. The van der Waals surface area contributed by atoms with Gasteiger partial charge in [-0.15, -0.1) is 0 Å². The lowest BCUT2D eigenvalue weighted by Crippen LogP contribution is -2.17. The number of nitrogens with zero attached hydrogens (tertiary/aromatic N) is 2. The predicted molar refractivity (Wildman–Crippen MR) is 95.4 cm³/mol. The van der Waals surface area contributed by atoms with Crippen molar-refractivity contribution in [1.82, 2.24) is 10.9 Å². The number of hydrogen-bond donors (Lipinski definition) is 2. The van der Waals surface area contributed by atoms with E-state index in [1.165, 1.54) is 0 Å². The van der Waals surface area contributed by atoms with E-state index in [-0.39, 0.29) is 11.8 Å². The highest BCUT2D eigenvalue weighted by Crippen LogP contribution is 2.07. The normalized spacial score (nSPS) is 11.2. The van der Waals surface area contributed by atoms with Crippen molar-refractivity contribution in [3.05, 3.63) is 0 Å². The SMILES string of the molecule is CCC/C=N\NC(=O)CCCCCCCC(=O)N/N=C\CCC. The summed E-state index contributed by atoms with van der Waals surface area (Å²) in [5.74, 6) is -0.0525. The van der Waals surface area contributed by atoms with E-state index in [2.05, 4.69) is 34.9 Å². The van der Waals surface area contributed by atoms with E-state index in [4.69, 9.17) is 0 Å². The Kier molecular flexibility index (Phi) is 15.4. The van der Waals surface area contributed by atoms with Crippen LogP contribution in [-0.2, 0) is 9.59 Å². The van der Waals surface area contributed by atoms with E-state index < -0.39 is 0 Å². The van der Waals surface area contributed by atoms with Crippen molar-refractivity contribution in [2.75, 3.05) is 0 Å². The number of carbonyl (C=O) groups excluding carboxylic acids is 2. The molecule has 0 aliphatic carbocycles. The van der Waals surface area contributed by atoms with Crippen molar-refractivity contribution < 1.29 is 9.59 Å². The third-order valence-electron chi connectivity index (χ3n) is 3.20. The average Bonchev–Trinajstić information content (AvgIpc) is 2.54. The van der Waals surface area contributed by atoms with Crippen molar-refractivity contribution in [1.29, 1.82) is 0 Å². The number of carbonyl (C=O) groups is 2. The first-order valence-electron chi connectivity index (χ1n) is 8.81. The predicted octanol–water partition coefficient (Wildman–Crippen LogP) is 3.52. The number of amides is 2. The minimum Gasteiger partial charge on any atom is -0.273 e. The molecule has 132 valence electrons. The fourth-order valence-corrected chi connectivity index (χ4v) is 1.84. The van der Waals surface area contributed by atoms with Gasteiger partial charge in [-0.2, -0.15) is 10.2 Å². The summed E-state index contributed by atoms with van der Waals surface area (Å²) < 4.78 is 0. The van der Waals surface area contributed by atoms with Crippen LogP contribution < -0.4 is 10.9 Å². The highest BCUT2D eigenvalue weighted by atomic mass is 16.2. The second-order valence-corrected chi connectivity index (χ2v) is 5.54. The van der Waals surface area contributed by atoms with Gasteiger partial charge in [0.25, 0.3) is 0 Å². The summed E-state index contributed by atoms with van der Waals surface area (Å²) in [6.45, 7) is 4.13. The quantitative estimate of drug-likeness (QED) is 0.291. The van der Waals surface area contributed by atoms with Gasteiger partial charge in [0.15, 0.2) is 0 Å². The summed E-state index contributed by atoms with van der Waals surface area (Å²) in [4.78, 5) is 22.9. The Morgan fingerprint density at radius 2 is 1.13 bits per heavy atom. The van der Waals surface area contributed by atoms with Gasteiger partial charge in [-0.3, -0.25) is 9.59 Å². The molecule has 6 nitrogen and oxygen atoms in total. The third kappa shape index (κ3) is 16.5. The Bertz CT molecular complexity index is 334. The Balaban J connectivity index is 3.38. The summed E-state index contributed by atoms with van der Waals surface area (Å²) in [6, 6.07) is 0. The zero-order valence-electron chi connectivity index (χ0n) is 14.6. The third-order valence-corrected chi connectivity index (χ3v) is 3.20. The monoisotopic (exact) mass is 324 g/mol. The topological polar surface area (TPSA) is 82.9 Å². The summed E-state index contributed by atoms with van der Waals surface area (Å²) in [5, 5.41) is 7.73. The molecule has 0 saturated heterocycles. The molecule has 0 aromatic carbocycles. The van der Waals surface area contributed by atoms with Crippen LogP contribution in [0.3, 0.4) is 0 Å². The van der Waals surface area contributed by atoms with Crippen LogP contribution >= 0.6 is 0 Å². The summed E-state index contributed by atoms with van der Waals surface area (Å²) in [6.07, 6.45) is 13.1. The van der Waals surface area contributed by atoms with Crippen molar-refractivity contribution in [3.63, 3.8) is 0 Å². The first-order valence-corrected chi connectivity index (χ1v) is 8.81. The molecule has 2 amide bonds. The van der Waals surface area contributed by atoms with Crippen molar-refractivity contribution in [2.45, 2.75) is 84.5 Å². The zero-order chi connectivity index (χ0) is 17.2. The fourth-order valence-electron chi connectivity index (χ4n) is 1.84. The fraction of sp³-hybridized carbons (Fsp3) is 0.765. The van der Waals surface area contributed by atoms with Gasteiger partial charge in [-0.1, -0.05) is 46.0 Å². The number of nitrogens with one attached hydrogen (secondary N) is 2. The molecule has 0 atom stereocenters. The van der Waals surface area contributed by atoms with E-state index in [9.17, 15) is 9.59 Å². The van der Waals surface area contributed by atoms with Crippen LogP contribution in [0.2, 0.25) is 0 Å². The molecule has 0 aliphatic rings. The van der Waals surface area contributed by atoms with Crippen LogP contribution in [0, 0.1) is 0 Å². The van der Waals surface area contributed by atoms with Gasteiger partial charge in [0.2, 0.25) is 11.8 Å².